The average Bonchev–Trinajstić information content (AvgIpc) is 2.83. The van der Waals surface area contributed by atoms with Crippen LogP contribution in [0.4, 0.5) is 0 Å². The minimum absolute atomic E-state index is 0.0724. The summed E-state index contributed by atoms with van der Waals surface area (Å²) < 4.78 is 10.6. The molecule has 182 valence electrons. The molecule has 1 atom stereocenters. The number of amides is 3. The van der Waals surface area contributed by atoms with Gasteiger partial charge in [0.15, 0.2) is 11.5 Å². The molecule has 0 saturated carbocycles. The molecule has 3 rings (SSSR count). The van der Waals surface area contributed by atoms with Gasteiger partial charge in [0.2, 0.25) is 11.8 Å². The monoisotopic (exact) mass is 487 g/mol. The van der Waals surface area contributed by atoms with Gasteiger partial charge in [-0.2, -0.15) is 0 Å². The molecule has 1 fully saturated rings. The van der Waals surface area contributed by atoms with Gasteiger partial charge in [-0.15, -0.1) is 0 Å². The lowest BCUT2D eigenvalue weighted by Crippen LogP contribution is -2.53. The summed E-state index contributed by atoms with van der Waals surface area (Å²) in [5.41, 5.74) is 1.38. The smallest absolute Gasteiger partial charge is 0.253 e. The molecule has 8 nitrogen and oxygen atoms in total. The molecule has 2 aromatic carbocycles. The summed E-state index contributed by atoms with van der Waals surface area (Å²) >= 11 is 6.00. The molecule has 1 aliphatic rings. The molecule has 1 aliphatic heterocycles. The first kappa shape index (κ1) is 25.4. The van der Waals surface area contributed by atoms with Crippen LogP contribution in [0.1, 0.15) is 35.7 Å². The van der Waals surface area contributed by atoms with E-state index in [2.05, 4.69) is 10.6 Å². The van der Waals surface area contributed by atoms with E-state index in [1.165, 1.54) is 6.92 Å². The number of halogens is 1. The number of hydrogen-bond donors (Lipinski definition) is 2. The van der Waals surface area contributed by atoms with E-state index in [0.717, 1.165) is 5.56 Å². The number of hydrogen-bond acceptors (Lipinski definition) is 5. The minimum atomic E-state index is -0.735. The largest absolute Gasteiger partial charge is 0.493 e. The quantitative estimate of drug-likeness (QED) is 0.596. The molecule has 9 heteroatoms. The van der Waals surface area contributed by atoms with Gasteiger partial charge >= 0.3 is 0 Å². The van der Waals surface area contributed by atoms with Crippen molar-refractivity contribution in [3.05, 3.63) is 58.6 Å². The van der Waals surface area contributed by atoms with Crippen molar-refractivity contribution in [3.8, 4) is 11.5 Å². The molecule has 3 amide bonds. The highest BCUT2D eigenvalue weighted by molar-refractivity contribution is 6.30. The van der Waals surface area contributed by atoms with Gasteiger partial charge in [-0.1, -0.05) is 23.7 Å². The Bertz CT molecular complexity index is 1040. The topological polar surface area (TPSA) is 97.0 Å². The number of likely N-dealkylation sites (tertiary alicyclic amines) is 1. The number of rotatable bonds is 8. The van der Waals surface area contributed by atoms with Crippen LogP contribution in [0.3, 0.4) is 0 Å². The van der Waals surface area contributed by atoms with E-state index >= 15 is 0 Å². The van der Waals surface area contributed by atoms with Crippen molar-refractivity contribution in [2.45, 2.75) is 38.3 Å². The maximum atomic E-state index is 13.0. The summed E-state index contributed by atoms with van der Waals surface area (Å²) in [4.78, 5) is 39.3. The fourth-order valence-electron chi connectivity index (χ4n) is 4.03. The Morgan fingerprint density at radius 3 is 2.38 bits per heavy atom. The summed E-state index contributed by atoms with van der Waals surface area (Å²) in [6.07, 6.45) is 1.56. The molecule has 0 bridgehead atoms. The van der Waals surface area contributed by atoms with Crippen LogP contribution in [0.15, 0.2) is 42.5 Å². The molecular weight excluding hydrogens is 458 g/mol. The Morgan fingerprint density at radius 1 is 1.06 bits per heavy atom. The van der Waals surface area contributed by atoms with Gasteiger partial charge in [0.1, 0.15) is 6.04 Å². The SMILES string of the molecule is COc1ccc(C[C@H](NC(C)=O)C(=O)NC2CCN(C(=O)c3cccc(Cl)c3)CC2)cc1OC. The molecule has 0 aromatic heterocycles. The second kappa shape index (κ2) is 11.7. The van der Waals surface area contributed by atoms with Crippen molar-refractivity contribution in [3.63, 3.8) is 0 Å². The second-order valence-electron chi connectivity index (χ2n) is 8.23. The lowest BCUT2D eigenvalue weighted by molar-refractivity contribution is -0.128. The molecule has 0 radical (unpaired) electrons. The maximum Gasteiger partial charge on any atom is 0.253 e. The standard InChI is InChI=1S/C25H30ClN3O5/c1-16(30)27-21(13-17-7-8-22(33-2)23(14-17)34-3)24(31)28-20-9-11-29(12-10-20)25(32)18-5-4-6-19(26)15-18/h4-8,14-15,20-21H,9-13H2,1-3H3,(H,27,30)(H,28,31)/t21-/m0/s1. The van der Waals surface area contributed by atoms with Crippen molar-refractivity contribution in [1.82, 2.24) is 15.5 Å². The normalized spacial score (nSPS) is 14.8. The molecule has 1 saturated heterocycles. The van der Waals surface area contributed by atoms with Gasteiger partial charge in [0.05, 0.1) is 14.2 Å². The van der Waals surface area contributed by atoms with E-state index in [4.69, 9.17) is 21.1 Å². The fourth-order valence-corrected chi connectivity index (χ4v) is 4.22. The van der Waals surface area contributed by atoms with E-state index in [-0.39, 0.29) is 23.8 Å². The number of ether oxygens (including phenoxy) is 2. The molecule has 1 heterocycles. The highest BCUT2D eigenvalue weighted by Crippen LogP contribution is 2.28. The predicted octanol–water partition coefficient (Wildman–Crippen LogP) is 2.83. The minimum Gasteiger partial charge on any atom is -0.493 e. The Kier molecular flexibility index (Phi) is 8.76. The van der Waals surface area contributed by atoms with Crippen molar-refractivity contribution >= 4 is 29.3 Å². The summed E-state index contributed by atoms with van der Waals surface area (Å²) in [7, 11) is 3.10. The van der Waals surface area contributed by atoms with Gasteiger partial charge in [0, 0.05) is 43.1 Å². The number of carbonyl (C=O) groups is 3. The van der Waals surface area contributed by atoms with E-state index in [9.17, 15) is 14.4 Å². The first-order valence-electron chi connectivity index (χ1n) is 11.1. The van der Waals surface area contributed by atoms with Gasteiger partial charge < -0.3 is 25.0 Å². The van der Waals surface area contributed by atoms with Crippen molar-refractivity contribution in [2.75, 3.05) is 27.3 Å². The first-order chi connectivity index (χ1) is 16.3. The average molecular weight is 488 g/mol. The van der Waals surface area contributed by atoms with Gasteiger partial charge in [-0.05, 0) is 48.7 Å². The summed E-state index contributed by atoms with van der Waals surface area (Å²) in [5, 5.41) is 6.29. The molecule has 2 N–H and O–H groups in total. The Hall–Kier alpha value is -3.26. The Morgan fingerprint density at radius 2 is 1.76 bits per heavy atom. The Balaban J connectivity index is 1.60. The maximum absolute atomic E-state index is 13.0. The number of nitrogens with one attached hydrogen (secondary N) is 2. The summed E-state index contributed by atoms with van der Waals surface area (Å²) in [6.45, 7) is 2.43. The number of methoxy groups -OCH3 is 2. The van der Waals surface area contributed by atoms with E-state index < -0.39 is 6.04 Å². The molecule has 0 spiro atoms. The highest BCUT2D eigenvalue weighted by atomic mass is 35.5. The third kappa shape index (κ3) is 6.63. The van der Waals surface area contributed by atoms with Crippen LogP contribution in [0.5, 0.6) is 11.5 Å². The number of carbonyl (C=O) groups excluding carboxylic acids is 3. The third-order valence-electron chi connectivity index (χ3n) is 5.78. The molecule has 34 heavy (non-hydrogen) atoms. The zero-order chi connectivity index (χ0) is 24.7. The lowest BCUT2D eigenvalue weighted by atomic mass is 10.0. The second-order valence-corrected chi connectivity index (χ2v) is 8.67. The van der Waals surface area contributed by atoms with Gasteiger partial charge in [-0.3, -0.25) is 14.4 Å². The highest BCUT2D eigenvalue weighted by Gasteiger charge is 2.28. The van der Waals surface area contributed by atoms with Crippen molar-refractivity contribution in [2.24, 2.45) is 0 Å². The van der Waals surface area contributed by atoms with Gasteiger partial charge in [-0.25, -0.2) is 0 Å². The number of benzene rings is 2. The zero-order valence-electron chi connectivity index (χ0n) is 19.6. The fraction of sp³-hybridized carbons (Fsp3) is 0.400. The molecule has 2 aromatic rings. The van der Waals surface area contributed by atoms with E-state index in [1.54, 1.807) is 55.5 Å². The molecular formula is C25H30ClN3O5. The molecule has 0 unspecified atom stereocenters. The van der Waals surface area contributed by atoms with Gasteiger partial charge in [0.25, 0.3) is 5.91 Å². The summed E-state index contributed by atoms with van der Waals surface area (Å²) in [6, 6.07) is 11.5. The van der Waals surface area contributed by atoms with Crippen LogP contribution >= 0.6 is 11.6 Å². The molecule has 0 aliphatic carbocycles. The lowest BCUT2D eigenvalue weighted by Gasteiger charge is -2.33. The van der Waals surface area contributed by atoms with E-state index in [0.29, 0.717) is 54.4 Å². The van der Waals surface area contributed by atoms with Crippen LogP contribution in [0, 0.1) is 0 Å². The van der Waals surface area contributed by atoms with Crippen LogP contribution in [0.2, 0.25) is 5.02 Å². The third-order valence-corrected chi connectivity index (χ3v) is 6.02. The van der Waals surface area contributed by atoms with Crippen LogP contribution in [-0.4, -0.2) is 62.0 Å². The van der Waals surface area contributed by atoms with Crippen LogP contribution in [0.25, 0.3) is 0 Å². The first-order valence-corrected chi connectivity index (χ1v) is 11.5. The van der Waals surface area contributed by atoms with Crippen LogP contribution in [-0.2, 0) is 16.0 Å². The summed E-state index contributed by atoms with van der Waals surface area (Å²) in [5.74, 6) is 0.522. The predicted molar refractivity (Wildman–Crippen MR) is 129 cm³/mol. The van der Waals surface area contributed by atoms with E-state index in [1.807, 2.05) is 6.07 Å². The zero-order valence-corrected chi connectivity index (χ0v) is 20.4. The number of piperidine rings is 1. The van der Waals surface area contributed by atoms with Crippen molar-refractivity contribution in [1.29, 1.82) is 0 Å². The van der Waals surface area contributed by atoms with Crippen LogP contribution < -0.4 is 20.1 Å². The Labute approximate surface area is 204 Å². The number of nitrogens with zero attached hydrogens (tertiary/aromatic N) is 1. The van der Waals surface area contributed by atoms with Crippen molar-refractivity contribution < 1.29 is 23.9 Å².